The van der Waals surface area contributed by atoms with Gasteiger partial charge in [-0.1, -0.05) is 0 Å². The molecule has 0 aliphatic heterocycles. The summed E-state index contributed by atoms with van der Waals surface area (Å²) < 4.78 is 7.96. The van der Waals surface area contributed by atoms with E-state index in [1.807, 2.05) is 9.09 Å². The fourth-order valence-corrected chi connectivity index (χ4v) is 23.7. The molecule has 0 saturated carbocycles. The predicted molar refractivity (Wildman–Crippen MR) is 104 cm³/mol. The van der Waals surface area contributed by atoms with Crippen molar-refractivity contribution in [3.05, 3.63) is 24.5 Å². The van der Waals surface area contributed by atoms with E-state index < -0.39 is 18.4 Å². The summed E-state index contributed by atoms with van der Waals surface area (Å²) in [5.41, 5.74) is 0. The number of hydrogen-bond acceptors (Lipinski definition) is 2. The summed E-state index contributed by atoms with van der Waals surface area (Å²) in [6, 6.07) is 4.74. The van der Waals surface area contributed by atoms with Crippen LogP contribution < -0.4 is 2.89 Å². The number of rotatable bonds is 10. The molecule has 1 nitrogen and oxygen atoms in total. The Hall–Kier alpha value is -0.0913. The van der Waals surface area contributed by atoms with Crippen LogP contribution in [0.3, 0.4) is 0 Å². The van der Waals surface area contributed by atoms with Crippen LogP contribution in [-0.4, -0.2) is 23.4 Å². The summed E-state index contributed by atoms with van der Waals surface area (Å²) in [6.45, 7) is 7.06. The number of pyridine rings is 1. The van der Waals surface area contributed by atoms with Crippen LogP contribution in [-0.2, 0) is 0 Å². The summed E-state index contributed by atoms with van der Waals surface area (Å²) in [6.07, 6.45) is 12.4. The quantitative estimate of drug-likeness (QED) is 0.405. The Morgan fingerprint density at radius 3 is 2.05 bits per heavy atom. The van der Waals surface area contributed by atoms with Crippen LogP contribution in [0.15, 0.2) is 24.5 Å². The first-order valence-electron chi connectivity index (χ1n) is 9.09. The molecular formula is C19H31NSSn. The van der Waals surface area contributed by atoms with Crippen LogP contribution in [0.4, 0.5) is 0 Å². The summed E-state index contributed by atoms with van der Waals surface area (Å²) >= 11 is -0.107. The Morgan fingerprint density at radius 1 is 0.955 bits per heavy atom. The molecule has 3 heteroatoms. The van der Waals surface area contributed by atoms with Crippen molar-refractivity contribution in [3.8, 4) is 0 Å². The van der Waals surface area contributed by atoms with Crippen LogP contribution >= 0.6 is 11.3 Å². The summed E-state index contributed by atoms with van der Waals surface area (Å²) in [5, 5.41) is 1.38. The van der Waals surface area contributed by atoms with Gasteiger partial charge in [-0.05, 0) is 0 Å². The first-order chi connectivity index (χ1) is 10.8. The zero-order chi connectivity index (χ0) is 15.8. The molecule has 0 spiro atoms. The van der Waals surface area contributed by atoms with Gasteiger partial charge in [0.1, 0.15) is 0 Å². The second-order valence-corrected chi connectivity index (χ2v) is 21.9. The number of aromatic nitrogens is 1. The number of hydrogen-bond donors (Lipinski definition) is 0. The van der Waals surface area contributed by atoms with Gasteiger partial charge in [0.2, 0.25) is 0 Å². The van der Waals surface area contributed by atoms with Gasteiger partial charge in [0.05, 0.1) is 0 Å². The number of nitrogens with zero attached hydrogens (tertiary/aromatic N) is 1. The minimum atomic E-state index is -2.22. The van der Waals surface area contributed by atoms with E-state index in [1.54, 1.807) is 13.3 Å². The Bertz CT molecular complexity index is 509. The Labute approximate surface area is 144 Å². The van der Waals surface area contributed by atoms with Crippen molar-refractivity contribution >= 4 is 42.7 Å². The third kappa shape index (κ3) is 4.47. The van der Waals surface area contributed by atoms with Crippen LogP contribution in [0.25, 0.3) is 10.1 Å². The van der Waals surface area contributed by atoms with Gasteiger partial charge in [-0.25, -0.2) is 0 Å². The third-order valence-corrected chi connectivity index (χ3v) is 24.2. The standard InChI is InChI=1S/C7H4NS.3C4H9.Sn/c1-3-8-5-6-2-4-9-7(1)6;3*1-3-4-2;/h1-3,5H;3*1,3-4H2,2H3;. The van der Waals surface area contributed by atoms with Gasteiger partial charge in [-0.15, -0.1) is 0 Å². The van der Waals surface area contributed by atoms with E-state index in [4.69, 9.17) is 0 Å². The van der Waals surface area contributed by atoms with E-state index in [2.05, 4.69) is 55.4 Å². The van der Waals surface area contributed by atoms with Crippen LogP contribution in [0.1, 0.15) is 59.3 Å². The van der Waals surface area contributed by atoms with Crippen molar-refractivity contribution in [1.29, 1.82) is 0 Å². The third-order valence-electron chi connectivity index (χ3n) is 4.87. The molecule has 0 radical (unpaired) electrons. The molecule has 0 fully saturated rings. The van der Waals surface area contributed by atoms with Crippen LogP contribution in [0.5, 0.6) is 0 Å². The van der Waals surface area contributed by atoms with Crippen molar-refractivity contribution in [2.75, 3.05) is 0 Å². The Balaban J connectivity index is 2.37. The van der Waals surface area contributed by atoms with Gasteiger partial charge in [0.15, 0.2) is 0 Å². The van der Waals surface area contributed by atoms with Gasteiger partial charge in [-0.2, -0.15) is 0 Å². The number of unbranched alkanes of at least 4 members (excludes halogenated alkanes) is 3. The Morgan fingerprint density at radius 2 is 1.55 bits per heavy atom. The van der Waals surface area contributed by atoms with Crippen molar-refractivity contribution in [3.63, 3.8) is 0 Å². The minimum absolute atomic E-state index is 1.35. The predicted octanol–water partition coefficient (Wildman–Crippen LogP) is 6.35. The second-order valence-electron chi connectivity index (χ2n) is 6.62. The summed E-state index contributed by atoms with van der Waals surface area (Å²) in [4.78, 5) is 4.32. The molecule has 0 aliphatic rings. The van der Waals surface area contributed by atoms with Crippen LogP contribution in [0, 0.1) is 0 Å². The Kier molecular flexibility index (Phi) is 7.69. The fraction of sp³-hybridized carbons (Fsp3) is 0.632. The molecule has 0 amide bonds. The molecule has 2 heterocycles. The van der Waals surface area contributed by atoms with Gasteiger partial charge < -0.3 is 0 Å². The van der Waals surface area contributed by atoms with E-state index in [1.165, 1.54) is 48.6 Å². The molecule has 0 bridgehead atoms. The van der Waals surface area contributed by atoms with Crippen molar-refractivity contribution in [1.82, 2.24) is 4.98 Å². The normalized spacial score (nSPS) is 12.1. The molecule has 0 unspecified atom stereocenters. The monoisotopic (exact) mass is 425 g/mol. The molecule has 0 atom stereocenters. The molecule has 2 rings (SSSR count). The molecule has 22 heavy (non-hydrogen) atoms. The summed E-state index contributed by atoms with van der Waals surface area (Å²) in [5.74, 6) is 0. The SMILES string of the molecule is CCC[CH2][Sn]([CH2]CCC)([CH2]CCC)[c]1cc2cnccc2s1. The van der Waals surface area contributed by atoms with E-state index >= 15 is 0 Å². The van der Waals surface area contributed by atoms with Crippen molar-refractivity contribution in [2.45, 2.75) is 72.6 Å². The second kappa shape index (κ2) is 9.26. The van der Waals surface area contributed by atoms with Gasteiger partial charge >= 0.3 is 145 Å². The maximum atomic E-state index is 4.32. The van der Waals surface area contributed by atoms with E-state index in [9.17, 15) is 0 Å². The average molecular weight is 424 g/mol. The van der Waals surface area contributed by atoms with Gasteiger partial charge in [0, 0.05) is 0 Å². The zero-order valence-electron chi connectivity index (χ0n) is 14.5. The van der Waals surface area contributed by atoms with Gasteiger partial charge in [0.25, 0.3) is 0 Å². The molecule has 0 aliphatic carbocycles. The van der Waals surface area contributed by atoms with E-state index in [0.29, 0.717) is 0 Å². The zero-order valence-corrected chi connectivity index (χ0v) is 18.2. The number of thiophene rings is 1. The van der Waals surface area contributed by atoms with E-state index in [0.717, 1.165) is 0 Å². The topological polar surface area (TPSA) is 12.9 Å². The first kappa shape index (κ1) is 18.3. The molecule has 0 saturated heterocycles. The molecule has 2 aromatic rings. The van der Waals surface area contributed by atoms with Crippen LogP contribution in [0.2, 0.25) is 13.3 Å². The number of fused-ring (bicyclic) bond motifs is 1. The molecule has 0 N–H and O–H groups in total. The molecular weight excluding hydrogens is 393 g/mol. The van der Waals surface area contributed by atoms with E-state index in [-0.39, 0.29) is 0 Å². The molecule has 122 valence electrons. The molecule has 2 aromatic heterocycles. The van der Waals surface area contributed by atoms with Gasteiger partial charge in [-0.3, -0.25) is 0 Å². The molecule has 0 aromatic carbocycles. The van der Waals surface area contributed by atoms with Crippen molar-refractivity contribution in [2.24, 2.45) is 0 Å². The summed E-state index contributed by atoms with van der Waals surface area (Å²) in [7, 11) is 0. The first-order valence-corrected chi connectivity index (χ1v) is 17.4. The fourth-order valence-electron chi connectivity index (χ4n) is 3.44. The van der Waals surface area contributed by atoms with Crippen molar-refractivity contribution < 1.29 is 0 Å². The maximum absolute atomic E-state index is 4.32. The average Bonchev–Trinajstić information content (AvgIpc) is 2.99.